The molecular formula is C18H20F3NO4S. The lowest BCUT2D eigenvalue weighted by atomic mass is 10.1. The molecule has 9 heteroatoms. The van der Waals surface area contributed by atoms with Crippen molar-refractivity contribution >= 4 is 10.0 Å². The Labute approximate surface area is 156 Å². The van der Waals surface area contributed by atoms with E-state index in [4.69, 9.17) is 9.47 Å². The van der Waals surface area contributed by atoms with E-state index >= 15 is 0 Å². The molecule has 0 amide bonds. The SMILES string of the molecule is COc1cccc(C(CNS(=O)(=O)Cc2ccc(C(F)(F)F)cc2)OC)c1. The minimum absolute atomic E-state index is 0.0212. The highest BCUT2D eigenvalue weighted by Crippen LogP contribution is 2.29. The molecule has 0 aliphatic carbocycles. The second-order valence-corrected chi connectivity index (χ2v) is 7.61. The van der Waals surface area contributed by atoms with Gasteiger partial charge in [0.15, 0.2) is 0 Å². The van der Waals surface area contributed by atoms with Crippen molar-refractivity contribution in [2.24, 2.45) is 0 Å². The number of hydrogen-bond donors (Lipinski definition) is 1. The summed E-state index contributed by atoms with van der Waals surface area (Å²) in [5.74, 6) is 0.182. The highest BCUT2D eigenvalue weighted by molar-refractivity contribution is 7.88. The van der Waals surface area contributed by atoms with E-state index < -0.39 is 33.6 Å². The second kappa shape index (κ2) is 8.73. The van der Waals surface area contributed by atoms with Crippen molar-refractivity contribution in [2.45, 2.75) is 18.0 Å². The minimum atomic E-state index is -4.46. The van der Waals surface area contributed by atoms with Gasteiger partial charge in [0.2, 0.25) is 10.0 Å². The summed E-state index contributed by atoms with van der Waals surface area (Å²) in [5.41, 5.74) is 0.161. The van der Waals surface area contributed by atoms with Gasteiger partial charge < -0.3 is 9.47 Å². The van der Waals surface area contributed by atoms with E-state index in [-0.39, 0.29) is 12.1 Å². The Morgan fingerprint density at radius 3 is 2.30 bits per heavy atom. The fourth-order valence-corrected chi connectivity index (χ4v) is 3.58. The molecule has 2 aromatic carbocycles. The van der Waals surface area contributed by atoms with Gasteiger partial charge in [0, 0.05) is 13.7 Å². The topological polar surface area (TPSA) is 64.6 Å². The first-order valence-corrected chi connectivity index (χ1v) is 9.60. The number of rotatable bonds is 8. The van der Waals surface area contributed by atoms with Gasteiger partial charge in [0.05, 0.1) is 24.5 Å². The largest absolute Gasteiger partial charge is 0.497 e. The average Bonchev–Trinajstić information content (AvgIpc) is 2.61. The number of halogens is 3. The van der Waals surface area contributed by atoms with E-state index in [1.54, 1.807) is 24.3 Å². The summed E-state index contributed by atoms with van der Waals surface area (Å²) >= 11 is 0. The Hall–Kier alpha value is -2.10. The fraction of sp³-hybridized carbons (Fsp3) is 0.333. The quantitative estimate of drug-likeness (QED) is 0.733. The number of sulfonamides is 1. The van der Waals surface area contributed by atoms with E-state index in [1.165, 1.54) is 14.2 Å². The minimum Gasteiger partial charge on any atom is -0.497 e. The van der Waals surface area contributed by atoms with Gasteiger partial charge in [-0.15, -0.1) is 0 Å². The van der Waals surface area contributed by atoms with Crippen LogP contribution in [0, 0.1) is 0 Å². The molecule has 0 radical (unpaired) electrons. The molecule has 5 nitrogen and oxygen atoms in total. The Morgan fingerprint density at radius 1 is 1.07 bits per heavy atom. The number of alkyl halides is 3. The summed E-state index contributed by atoms with van der Waals surface area (Å²) in [6, 6.07) is 11.1. The molecule has 0 aliphatic rings. The third-order valence-electron chi connectivity index (χ3n) is 3.88. The maximum Gasteiger partial charge on any atom is 0.416 e. The average molecular weight is 403 g/mol. The van der Waals surface area contributed by atoms with Crippen molar-refractivity contribution in [3.8, 4) is 5.75 Å². The van der Waals surface area contributed by atoms with Crippen LogP contribution in [0.15, 0.2) is 48.5 Å². The Bertz CT molecular complexity index is 852. The highest BCUT2D eigenvalue weighted by atomic mass is 32.2. The van der Waals surface area contributed by atoms with Crippen LogP contribution in [0.25, 0.3) is 0 Å². The van der Waals surface area contributed by atoms with Gasteiger partial charge in [-0.05, 0) is 35.4 Å². The van der Waals surface area contributed by atoms with Crippen molar-refractivity contribution in [1.82, 2.24) is 4.72 Å². The van der Waals surface area contributed by atoms with Crippen LogP contribution >= 0.6 is 0 Å². The van der Waals surface area contributed by atoms with Gasteiger partial charge in [-0.1, -0.05) is 24.3 Å². The van der Waals surface area contributed by atoms with Gasteiger partial charge in [0.1, 0.15) is 5.75 Å². The maximum absolute atomic E-state index is 12.6. The van der Waals surface area contributed by atoms with Crippen LogP contribution in [0.5, 0.6) is 5.75 Å². The molecule has 1 N–H and O–H groups in total. The molecule has 0 saturated heterocycles. The van der Waals surface area contributed by atoms with Crippen molar-refractivity contribution in [3.63, 3.8) is 0 Å². The molecule has 0 bridgehead atoms. The summed E-state index contributed by atoms with van der Waals surface area (Å²) in [6.45, 7) is -0.0212. The molecule has 1 unspecified atom stereocenters. The third kappa shape index (κ3) is 6.23. The number of hydrogen-bond acceptors (Lipinski definition) is 4. The molecule has 2 aromatic rings. The van der Waals surface area contributed by atoms with Crippen LogP contribution in [0.2, 0.25) is 0 Å². The molecule has 148 valence electrons. The molecule has 0 heterocycles. The third-order valence-corrected chi connectivity index (χ3v) is 5.20. The summed E-state index contributed by atoms with van der Waals surface area (Å²) < 4.78 is 75.1. The van der Waals surface area contributed by atoms with Crippen LogP contribution in [-0.4, -0.2) is 29.2 Å². The van der Waals surface area contributed by atoms with E-state index in [9.17, 15) is 21.6 Å². The normalized spacial score (nSPS) is 13.4. The van der Waals surface area contributed by atoms with Crippen LogP contribution in [0.1, 0.15) is 22.8 Å². The Kier molecular flexibility index (Phi) is 6.85. The standard InChI is InChI=1S/C18H20F3NO4S/c1-25-16-5-3-4-14(10-16)17(26-2)11-22-27(23,24)12-13-6-8-15(9-7-13)18(19,20)21/h3-10,17,22H,11-12H2,1-2H3. The summed E-state index contributed by atoms with van der Waals surface area (Å²) in [7, 11) is -0.780. The van der Waals surface area contributed by atoms with Gasteiger partial charge >= 0.3 is 6.18 Å². The lowest BCUT2D eigenvalue weighted by Crippen LogP contribution is -2.30. The van der Waals surface area contributed by atoms with E-state index in [1.807, 2.05) is 0 Å². The van der Waals surface area contributed by atoms with Crippen molar-refractivity contribution in [3.05, 3.63) is 65.2 Å². The Balaban J connectivity index is 2.02. The van der Waals surface area contributed by atoms with E-state index in [0.717, 1.165) is 29.8 Å². The molecule has 1 atom stereocenters. The lowest BCUT2D eigenvalue weighted by Gasteiger charge is -2.17. The van der Waals surface area contributed by atoms with Crippen LogP contribution in [-0.2, 0) is 26.7 Å². The fourth-order valence-electron chi connectivity index (χ4n) is 2.44. The van der Waals surface area contributed by atoms with Gasteiger partial charge in [-0.25, -0.2) is 13.1 Å². The first-order valence-electron chi connectivity index (χ1n) is 7.95. The highest BCUT2D eigenvalue weighted by Gasteiger charge is 2.30. The monoisotopic (exact) mass is 403 g/mol. The molecule has 0 saturated carbocycles. The first kappa shape index (κ1) is 21.2. The maximum atomic E-state index is 12.6. The molecule has 2 rings (SSSR count). The van der Waals surface area contributed by atoms with Crippen LogP contribution in [0.3, 0.4) is 0 Å². The molecular weight excluding hydrogens is 383 g/mol. The number of methoxy groups -OCH3 is 2. The van der Waals surface area contributed by atoms with Crippen LogP contribution < -0.4 is 9.46 Å². The van der Waals surface area contributed by atoms with Crippen molar-refractivity contribution in [1.29, 1.82) is 0 Å². The van der Waals surface area contributed by atoms with Gasteiger partial charge in [-0.2, -0.15) is 13.2 Å². The number of nitrogens with one attached hydrogen (secondary N) is 1. The smallest absolute Gasteiger partial charge is 0.416 e. The molecule has 0 spiro atoms. The zero-order chi connectivity index (χ0) is 20.1. The molecule has 0 aromatic heterocycles. The predicted octanol–water partition coefficient (Wildman–Crippen LogP) is 3.52. The molecule has 27 heavy (non-hydrogen) atoms. The van der Waals surface area contributed by atoms with Gasteiger partial charge in [-0.3, -0.25) is 0 Å². The Morgan fingerprint density at radius 2 is 1.74 bits per heavy atom. The summed E-state index contributed by atoms with van der Waals surface area (Å²) in [6.07, 6.45) is -5.00. The number of ether oxygens (including phenoxy) is 2. The number of benzene rings is 2. The van der Waals surface area contributed by atoms with Crippen molar-refractivity contribution < 1.29 is 31.1 Å². The second-order valence-electron chi connectivity index (χ2n) is 5.80. The van der Waals surface area contributed by atoms with E-state index in [0.29, 0.717) is 5.75 Å². The predicted molar refractivity (Wildman–Crippen MR) is 94.8 cm³/mol. The zero-order valence-corrected chi connectivity index (χ0v) is 15.6. The van der Waals surface area contributed by atoms with Crippen LogP contribution in [0.4, 0.5) is 13.2 Å². The van der Waals surface area contributed by atoms with E-state index in [2.05, 4.69) is 4.72 Å². The molecule has 0 aliphatic heterocycles. The summed E-state index contributed by atoms with van der Waals surface area (Å²) in [5, 5.41) is 0. The van der Waals surface area contributed by atoms with Gasteiger partial charge in [0.25, 0.3) is 0 Å². The van der Waals surface area contributed by atoms with Crippen molar-refractivity contribution in [2.75, 3.05) is 20.8 Å². The molecule has 0 fully saturated rings. The first-order chi connectivity index (χ1) is 12.6. The lowest BCUT2D eigenvalue weighted by molar-refractivity contribution is -0.137. The summed E-state index contributed by atoms with van der Waals surface area (Å²) in [4.78, 5) is 0. The zero-order valence-electron chi connectivity index (χ0n) is 14.8.